The summed E-state index contributed by atoms with van der Waals surface area (Å²) in [5.41, 5.74) is -34.6. The smallest absolute Gasteiger partial charge is 0.309 e. The molecule has 12 aromatic rings. The number of hydrogen-bond acceptors (Lipinski definition) is 1. The number of aromatic nitrogens is 2. The van der Waals surface area contributed by atoms with E-state index in [0.29, 0.717) is 41.0 Å². The van der Waals surface area contributed by atoms with Gasteiger partial charge in [0.15, 0.2) is 0 Å². The highest BCUT2D eigenvalue weighted by atomic mass is 19.4. The van der Waals surface area contributed by atoms with Crippen LogP contribution in [0.4, 0.5) is 132 Å². The minimum atomic E-state index is -5.81. The number of nitriles is 1. The molecular weight excluding hydrogens is 1460 g/mol. The maximum Gasteiger partial charge on any atom is 0.417 e. The number of alkyl halides is 30. The van der Waals surface area contributed by atoms with E-state index in [1.165, 1.54) is 0 Å². The lowest BCUT2D eigenvalue weighted by Gasteiger charge is -2.21. The number of hydrogen-bond donors (Lipinski definition) is 0. The summed E-state index contributed by atoms with van der Waals surface area (Å²) in [4.78, 5) is 0. The average Bonchev–Trinajstić information content (AvgIpc) is 1.53. The predicted molar refractivity (Wildman–Crippen MR) is 317 cm³/mol. The van der Waals surface area contributed by atoms with E-state index in [-0.39, 0.29) is 82.2 Å². The molecule has 0 aliphatic rings. The first-order valence-electron chi connectivity index (χ1n) is 29.0. The molecule has 0 N–H and O–H groups in total. The van der Waals surface area contributed by atoms with Crippen molar-refractivity contribution in [1.82, 2.24) is 9.13 Å². The van der Waals surface area contributed by atoms with Crippen LogP contribution in [0.15, 0.2) is 176 Å². The van der Waals surface area contributed by atoms with Gasteiger partial charge in [0.25, 0.3) is 0 Å². The number of benzene rings is 10. The van der Waals surface area contributed by atoms with Crippen molar-refractivity contribution in [3.05, 3.63) is 237 Å². The Morgan fingerprint density at radius 2 is 0.462 bits per heavy atom. The Balaban J connectivity index is 1.28. The average molecular weight is 1490 g/mol. The summed E-state index contributed by atoms with van der Waals surface area (Å²) in [7, 11) is 0. The Kier molecular flexibility index (Phi) is 16.9. The van der Waals surface area contributed by atoms with Crippen LogP contribution in [0.25, 0.3) is 111 Å². The van der Waals surface area contributed by atoms with E-state index >= 15 is 52.7 Å². The first-order chi connectivity index (χ1) is 47.8. The van der Waals surface area contributed by atoms with Crippen LogP contribution in [-0.2, 0) is 61.8 Å². The van der Waals surface area contributed by atoms with Crippen molar-refractivity contribution in [3.63, 3.8) is 0 Å². The third kappa shape index (κ3) is 13.4. The molecule has 33 heteroatoms. The molecule has 3 nitrogen and oxygen atoms in total. The van der Waals surface area contributed by atoms with Gasteiger partial charge in [-0.1, -0.05) is 72.8 Å². The molecule has 0 bridgehead atoms. The Morgan fingerprint density at radius 3 is 0.692 bits per heavy atom. The Morgan fingerprint density at radius 1 is 0.212 bits per heavy atom. The summed E-state index contributed by atoms with van der Waals surface area (Å²) in [5.74, 6) is 0. The molecule has 0 spiro atoms. The summed E-state index contributed by atoms with van der Waals surface area (Å²) in [6.07, 6.45) is -56.0. The monoisotopic (exact) mass is 1490 g/mol. The fourth-order valence-corrected chi connectivity index (χ4v) is 12.4. The van der Waals surface area contributed by atoms with Gasteiger partial charge >= 0.3 is 61.8 Å². The molecule has 0 saturated heterocycles. The largest absolute Gasteiger partial charge is 0.417 e. The van der Waals surface area contributed by atoms with Crippen LogP contribution in [0.1, 0.15) is 61.2 Å². The normalized spacial score (nSPS) is 13.5. The zero-order valence-electron chi connectivity index (χ0n) is 50.4. The van der Waals surface area contributed by atoms with Gasteiger partial charge in [0.1, 0.15) is 6.07 Å². The maximum absolute atomic E-state index is 15.2. The molecule has 0 aliphatic heterocycles. The number of fused-ring (bicyclic) bond motifs is 6. The molecule has 538 valence electrons. The van der Waals surface area contributed by atoms with E-state index in [4.69, 9.17) is 0 Å². The van der Waals surface area contributed by atoms with Crippen LogP contribution in [0.5, 0.6) is 0 Å². The lowest BCUT2D eigenvalue weighted by atomic mass is 9.94. The molecule has 0 radical (unpaired) electrons. The number of rotatable bonds is 7. The van der Waals surface area contributed by atoms with Crippen molar-refractivity contribution < 1.29 is 132 Å². The van der Waals surface area contributed by atoms with E-state index in [0.717, 1.165) is 77.4 Å². The highest BCUT2D eigenvalue weighted by Crippen LogP contribution is 2.52. The Labute approximate surface area is 560 Å². The number of halogens is 30. The Bertz CT molecular complexity index is 5230. The molecule has 0 fully saturated rings. The topological polar surface area (TPSA) is 33.6 Å². The first kappa shape index (κ1) is 73.0. The first-order valence-corrected chi connectivity index (χ1v) is 29.0. The van der Waals surface area contributed by atoms with Gasteiger partial charge in [-0.2, -0.15) is 137 Å². The van der Waals surface area contributed by atoms with E-state index in [9.17, 15) is 84.3 Å². The lowest BCUT2D eigenvalue weighted by molar-refractivity contribution is -0.144. The molecule has 10 aromatic carbocycles. The van der Waals surface area contributed by atoms with E-state index in [1.807, 2.05) is 0 Å². The van der Waals surface area contributed by atoms with Crippen LogP contribution in [0.3, 0.4) is 0 Å². The second-order valence-corrected chi connectivity index (χ2v) is 23.4. The third-order valence-corrected chi connectivity index (χ3v) is 17.0. The quantitative estimate of drug-likeness (QED) is 0.146. The molecule has 2 heterocycles. The van der Waals surface area contributed by atoms with Crippen molar-refractivity contribution in [3.8, 4) is 73.1 Å². The molecule has 12 rings (SSSR count). The van der Waals surface area contributed by atoms with Crippen molar-refractivity contribution in [2.24, 2.45) is 0 Å². The van der Waals surface area contributed by atoms with Crippen LogP contribution < -0.4 is 0 Å². The maximum atomic E-state index is 15.2. The highest BCUT2D eigenvalue weighted by molar-refractivity contribution is 6.13. The second kappa shape index (κ2) is 24.1. The fraction of sp³-hybridized carbons (Fsp3) is 0.141. The summed E-state index contributed by atoms with van der Waals surface area (Å²) in [5, 5.41) is 10.3. The van der Waals surface area contributed by atoms with Gasteiger partial charge in [-0.15, -0.1) is 0 Å². The summed E-state index contributed by atoms with van der Waals surface area (Å²) in [6, 6.07) is 13.6. The van der Waals surface area contributed by atoms with E-state index in [1.54, 1.807) is 6.07 Å². The highest BCUT2D eigenvalue weighted by Gasteiger charge is 2.44. The van der Waals surface area contributed by atoms with Crippen LogP contribution >= 0.6 is 0 Å². The summed E-state index contributed by atoms with van der Waals surface area (Å²) in [6.45, 7) is 0. The zero-order valence-corrected chi connectivity index (χ0v) is 50.4. The van der Waals surface area contributed by atoms with Crippen molar-refractivity contribution in [2.75, 3.05) is 0 Å². The molecule has 0 amide bonds. The summed E-state index contributed by atoms with van der Waals surface area (Å²) < 4.78 is 441. The third-order valence-electron chi connectivity index (χ3n) is 17.0. The van der Waals surface area contributed by atoms with Crippen molar-refractivity contribution >= 4 is 43.6 Å². The standard InChI is InChI=1S/C71H29F30N3/c72-62(73,74)37-5-13-43(52(25-37)68(90,91)92)31-1-9-47-48-10-2-32(44-14-6-38(63(75,76)77)26-53(44)69(93,94)95)20-58(48)103(57(47)19-31)56-29-51(35-17-41(66(84,85)86)24-42(18-35)67(87,88)89)61(23-36(56)30-102)104-59-21-33(45-15-7-39(64(78,79)80)27-54(45)70(96,97)98)3-11-49(59)50-12-4-34(22-60(50)104)46-16-8-40(65(81,82)83)28-55(46)71(99,100)101/h1-29H. The Hall–Kier alpha value is -10.8. The van der Waals surface area contributed by atoms with E-state index < -0.39 is 218 Å². The number of nitrogens with zero attached hydrogens (tertiary/aromatic N) is 3. The summed E-state index contributed by atoms with van der Waals surface area (Å²) >= 11 is 0. The molecule has 0 atom stereocenters. The minimum absolute atomic E-state index is 0.0267. The lowest BCUT2D eigenvalue weighted by Crippen LogP contribution is -2.12. The van der Waals surface area contributed by atoms with Crippen LogP contribution in [-0.4, -0.2) is 9.13 Å². The van der Waals surface area contributed by atoms with Crippen LogP contribution in [0.2, 0.25) is 0 Å². The SMILES string of the molecule is N#Cc1cc(-n2c3cc(-c4ccc(C(F)(F)F)cc4C(F)(F)F)ccc3c3ccc(-c4ccc(C(F)(F)F)cc4C(F)(F)F)cc32)c(-c2cc(C(F)(F)F)cc(C(F)(F)F)c2)cc1-n1c2cc(-c3ccc(C(F)(F)F)cc3C(F)(F)F)ccc2c2ccc(-c3ccc(C(F)(F)F)cc3C(F)(F)F)cc21. The molecule has 2 aromatic heterocycles. The fourth-order valence-electron chi connectivity index (χ4n) is 12.4. The van der Waals surface area contributed by atoms with Gasteiger partial charge in [-0.25, -0.2) is 0 Å². The predicted octanol–water partition coefficient (Wildman–Crippen LogP) is 26.3. The van der Waals surface area contributed by atoms with Crippen molar-refractivity contribution in [2.45, 2.75) is 61.8 Å². The molecule has 0 aliphatic carbocycles. The van der Waals surface area contributed by atoms with Crippen LogP contribution in [0, 0.1) is 11.3 Å². The molecule has 0 saturated carbocycles. The zero-order chi connectivity index (χ0) is 76.3. The molecule has 104 heavy (non-hydrogen) atoms. The van der Waals surface area contributed by atoms with Gasteiger partial charge in [-0.05, 0) is 153 Å². The van der Waals surface area contributed by atoms with Gasteiger partial charge in [0.05, 0.1) is 94.6 Å². The second-order valence-electron chi connectivity index (χ2n) is 23.4. The van der Waals surface area contributed by atoms with E-state index in [2.05, 4.69) is 0 Å². The van der Waals surface area contributed by atoms with Gasteiger partial charge in [0.2, 0.25) is 0 Å². The van der Waals surface area contributed by atoms with Gasteiger partial charge in [-0.3, -0.25) is 0 Å². The molecule has 0 unspecified atom stereocenters. The minimum Gasteiger partial charge on any atom is -0.309 e. The van der Waals surface area contributed by atoms with Gasteiger partial charge in [0, 0.05) is 27.1 Å². The van der Waals surface area contributed by atoms with Gasteiger partial charge < -0.3 is 9.13 Å². The molecular formula is C71H29F30N3. The van der Waals surface area contributed by atoms with Crippen molar-refractivity contribution in [1.29, 1.82) is 5.26 Å².